The van der Waals surface area contributed by atoms with Crippen molar-refractivity contribution in [3.8, 4) is 5.75 Å². The molecule has 1 aromatic carbocycles. The van der Waals surface area contributed by atoms with E-state index in [9.17, 15) is 4.79 Å². The predicted molar refractivity (Wildman–Crippen MR) is 75.1 cm³/mol. The smallest absolute Gasteiger partial charge is 0.242 e. The van der Waals surface area contributed by atoms with Crippen LogP contribution < -0.4 is 15.4 Å². The van der Waals surface area contributed by atoms with Gasteiger partial charge in [0.15, 0.2) is 0 Å². The Kier molecular flexibility index (Phi) is 4.49. The van der Waals surface area contributed by atoms with Crippen LogP contribution in [0.1, 0.15) is 13.8 Å². The van der Waals surface area contributed by atoms with Crippen LogP contribution in [-0.4, -0.2) is 29.7 Å². The summed E-state index contributed by atoms with van der Waals surface area (Å²) in [5.41, 5.74) is 0.801. The van der Waals surface area contributed by atoms with Crippen molar-refractivity contribution in [1.29, 1.82) is 0 Å². The van der Waals surface area contributed by atoms with Crippen molar-refractivity contribution in [3.63, 3.8) is 0 Å². The van der Waals surface area contributed by atoms with E-state index in [1.165, 1.54) is 0 Å². The molecule has 18 heavy (non-hydrogen) atoms. The largest absolute Gasteiger partial charge is 0.491 e. The van der Waals surface area contributed by atoms with E-state index in [4.69, 9.17) is 4.74 Å². The molecule has 0 aromatic heterocycles. The molecule has 1 unspecified atom stereocenters. The lowest BCUT2D eigenvalue weighted by molar-refractivity contribution is -0.117. The fourth-order valence-corrected chi connectivity index (χ4v) is 2.62. The number of nitrogens with one attached hydrogen (secondary N) is 2. The van der Waals surface area contributed by atoms with Crippen LogP contribution in [0.25, 0.3) is 0 Å². The fraction of sp³-hybridized carbons (Fsp3) is 0.462. The van der Waals surface area contributed by atoms with Gasteiger partial charge in [0, 0.05) is 17.3 Å². The van der Waals surface area contributed by atoms with Crippen LogP contribution in [0.2, 0.25) is 0 Å². The van der Waals surface area contributed by atoms with Gasteiger partial charge in [0.05, 0.1) is 12.1 Å². The average Bonchev–Trinajstić information content (AvgIpc) is 2.84. The Morgan fingerprint density at radius 2 is 2.17 bits per heavy atom. The van der Waals surface area contributed by atoms with Gasteiger partial charge in [-0.05, 0) is 38.1 Å². The molecule has 1 aliphatic rings. The Labute approximate surface area is 111 Å². The number of thioether (sulfide) groups is 1. The number of hydrogen-bond donors (Lipinski definition) is 2. The number of carbonyl (C=O) groups is 1. The Morgan fingerprint density at radius 1 is 1.44 bits per heavy atom. The Balaban J connectivity index is 1.91. The number of carbonyl (C=O) groups excluding carboxylic acids is 1. The van der Waals surface area contributed by atoms with Crippen LogP contribution in [-0.2, 0) is 4.79 Å². The highest BCUT2D eigenvalue weighted by atomic mass is 32.2. The van der Waals surface area contributed by atoms with Gasteiger partial charge in [-0.1, -0.05) is 0 Å². The minimum absolute atomic E-state index is 0.0255. The first-order chi connectivity index (χ1) is 8.65. The van der Waals surface area contributed by atoms with E-state index in [-0.39, 0.29) is 18.1 Å². The summed E-state index contributed by atoms with van der Waals surface area (Å²) >= 11 is 1.74. The van der Waals surface area contributed by atoms with E-state index in [0.29, 0.717) is 0 Å². The number of hydrogen-bond acceptors (Lipinski definition) is 4. The quantitative estimate of drug-likeness (QED) is 0.876. The summed E-state index contributed by atoms with van der Waals surface area (Å²) in [4.78, 5) is 11.9. The summed E-state index contributed by atoms with van der Waals surface area (Å²) in [5.74, 6) is 2.52. The maximum Gasteiger partial charge on any atom is 0.242 e. The number of anilines is 1. The average molecular weight is 266 g/mol. The van der Waals surface area contributed by atoms with Crippen LogP contribution in [0.3, 0.4) is 0 Å². The first-order valence-electron chi connectivity index (χ1n) is 6.04. The van der Waals surface area contributed by atoms with Crippen molar-refractivity contribution in [1.82, 2.24) is 5.32 Å². The van der Waals surface area contributed by atoms with Crippen LogP contribution in [0, 0.1) is 0 Å². The molecule has 0 radical (unpaired) electrons. The summed E-state index contributed by atoms with van der Waals surface area (Å²) in [7, 11) is 0. The minimum Gasteiger partial charge on any atom is -0.491 e. The highest BCUT2D eigenvalue weighted by Gasteiger charge is 2.22. The Hall–Kier alpha value is -1.20. The molecule has 1 amide bonds. The van der Waals surface area contributed by atoms with E-state index < -0.39 is 0 Å². The SMILES string of the molecule is CC(C)Oc1ccc(NC(=O)C2CSCN2)cc1. The van der Waals surface area contributed by atoms with E-state index in [1.807, 2.05) is 38.1 Å². The summed E-state index contributed by atoms with van der Waals surface area (Å²) in [6, 6.07) is 7.37. The van der Waals surface area contributed by atoms with E-state index in [0.717, 1.165) is 23.1 Å². The molecule has 2 N–H and O–H groups in total. The molecule has 1 heterocycles. The summed E-state index contributed by atoms with van der Waals surface area (Å²) in [5, 5.41) is 6.03. The molecule has 2 rings (SSSR count). The zero-order valence-electron chi connectivity index (χ0n) is 10.6. The van der Waals surface area contributed by atoms with Gasteiger partial charge in [0.25, 0.3) is 0 Å². The standard InChI is InChI=1S/C13H18N2O2S/c1-9(2)17-11-5-3-10(4-6-11)15-13(16)12-7-18-8-14-12/h3-6,9,12,14H,7-8H2,1-2H3,(H,15,16). The summed E-state index contributed by atoms with van der Waals surface area (Å²) in [6.45, 7) is 3.97. The highest BCUT2D eigenvalue weighted by molar-refractivity contribution is 7.99. The second-order valence-corrected chi connectivity index (χ2v) is 5.48. The zero-order chi connectivity index (χ0) is 13.0. The summed E-state index contributed by atoms with van der Waals surface area (Å²) < 4.78 is 5.55. The first kappa shape index (κ1) is 13.2. The zero-order valence-corrected chi connectivity index (χ0v) is 11.4. The maximum absolute atomic E-state index is 11.9. The maximum atomic E-state index is 11.9. The molecule has 1 fully saturated rings. The molecule has 1 aliphatic heterocycles. The molecular formula is C13H18N2O2S. The van der Waals surface area contributed by atoms with E-state index >= 15 is 0 Å². The van der Waals surface area contributed by atoms with E-state index in [1.54, 1.807) is 11.8 Å². The lowest BCUT2D eigenvalue weighted by atomic mass is 10.2. The van der Waals surface area contributed by atoms with Crippen LogP contribution in [0.4, 0.5) is 5.69 Å². The molecule has 5 heteroatoms. The van der Waals surface area contributed by atoms with Gasteiger partial charge < -0.3 is 10.1 Å². The third kappa shape index (κ3) is 3.65. The molecule has 1 saturated heterocycles. The van der Waals surface area contributed by atoms with Gasteiger partial charge >= 0.3 is 0 Å². The molecular weight excluding hydrogens is 248 g/mol. The van der Waals surface area contributed by atoms with Gasteiger partial charge in [-0.15, -0.1) is 11.8 Å². The third-order valence-electron chi connectivity index (χ3n) is 2.53. The molecule has 1 atom stereocenters. The predicted octanol–water partition coefficient (Wildman–Crippen LogP) is 2.07. The van der Waals surface area contributed by atoms with Crippen LogP contribution >= 0.6 is 11.8 Å². The number of ether oxygens (including phenoxy) is 1. The third-order valence-corrected chi connectivity index (χ3v) is 3.47. The lowest BCUT2D eigenvalue weighted by Gasteiger charge is -2.12. The van der Waals surface area contributed by atoms with Crippen molar-refractivity contribution in [2.45, 2.75) is 26.0 Å². The normalized spacial score (nSPS) is 18.9. The molecule has 1 aromatic rings. The Morgan fingerprint density at radius 3 is 2.72 bits per heavy atom. The molecule has 4 nitrogen and oxygen atoms in total. The first-order valence-corrected chi connectivity index (χ1v) is 7.19. The number of rotatable bonds is 4. The van der Waals surface area contributed by atoms with Gasteiger partial charge in [-0.3, -0.25) is 10.1 Å². The second kappa shape index (κ2) is 6.11. The molecule has 0 spiro atoms. The number of amides is 1. The van der Waals surface area contributed by atoms with Gasteiger partial charge in [0.1, 0.15) is 5.75 Å². The van der Waals surface area contributed by atoms with Crippen molar-refractivity contribution in [3.05, 3.63) is 24.3 Å². The lowest BCUT2D eigenvalue weighted by Crippen LogP contribution is -2.37. The van der Waals surface area contributed by atoms with Gasteiger partial charge in [-0.2, -0.15) is 0 Å². The topological polar surface area (TPSA) is 50.4 Å². The monoisotopic (exact) mass is 266 g/mol. The van der Waals surface area contributed by atoms with E-state index in [2.05, 4.69) is 10.6 Å². The van der Waals surface area contributed by atoms with Crippen molar-refractivity contribution >= 4 is 23.4 Å². The van der Waals surface area contributed by atoms with Crippen LogP contribution in [0.15, 0.2) is 24.3 Å². The van der Waals surface area contributed by atoms with Crippen molar-refractivity contribution in [2.75, 3.05) is 16.9 Å². The second-order valence-electron chi connectivity index (χ2n) is 4.45. The van der Waals surface area contributed by atoms with Gasteiger partial charge in [-0.25, -0.2) is 0 Å². The minimum atomic E-state index is -0.0819. The molecule has 0 aliphatic carbocycles. The highest BCUT2D eigenvalue weighted by Crippen LogP contribution is 2.18. The molecule has 0 bridgehead atoms. The molecule has 98 valence electrons. The molecule has 0 saturated carbocycles. The van der Waals surface area contributed by atoms with Crippen molar-refractivity contribution in [2.24, 2.45) is 0 Å². The Bertz CT molecular complexity index is 400. The van der Waals surface area contributed by atoms with Crippen LogP contribution in [0.5, 0.6) is 5.75 Å². The van der Waals surface area contributed by atoms with Crippen molar-refractivity contribution < 1.29 is 9.53 Å². The number of benzene rings is 1. The fourth-order valence-electron chi connectivity index (χ4n) is 1.68. The summed E-state index contributed by atoms with van der Waals surface area (Å²) in [6.07, 6.45) is 0.158. The van der Waals surface area contributed by atoms with Gasteiger partial charge in [0.2, 0.25) is 5.91 Å².